The summed E-state index contributed by atoms with van der Waals surface area (Å²) in [6, 6.07) is 2.04. The van der Waals surface area contributed by atoms with Gasteiger partial charge in [0, 0.05) is 25.5 Å². The van der Waals surface area contributed by atoms with Crippen LogP contribution in [0, 0.1) is 6.92 Å². The van der Waals surface area contributed by atoms with Crippen LogP contribution in [0.5, 0.6) is 0 Å². The maximum absolute atomic E-state index is 4.43. The van der Waals surface area contributed by atoms with Crippen molar-refractivity contribution in [3.05, 3.63) is 29.8 Å². The molecule has 0 spiro atoms. The largest absolute Gasteiger partial charge is 0.377 e. The van der Waals surface area contributed by atoms with E-state index in [0.29, 0.717) is 0 Å². The first-order chi connectivity index (χ1) is 8.22. The zero-order chi connectivity index (χ0) is 12.3. The van der Waals surface area contributed by atoms with Gasteiger partial charge in [0.05, 0.1) is 23.6 Å². The fourth-order valence-corrected chi connectivity index (χ4v) is 1.71. The monoisotopic (exact) mass is 269 g/mol. The second-order valence-electron chi connectivity index (χ2n) is 4.00. The van der Waals surface area contributed by atoms with Crippen LogP contribution in [-0.4, -0.2) is 19.6 Å². The molecule has 0 aliphatic heterocycles. The van der Waals surface area contributed by atoms with Gasteiger partial charge in [-0.2, -0.15) is 10.2 Å². The number of anilines is 1. The fourth-order valence-electron chi connectivity index (χ4n) is 1.71. The third kappa shape index (κ3) is 3.26. The Morgan fingerprint density at radius 2 is 1.89 bits per heavy atom. The van der Waals surface area contributed by atoms with Crippen LogP contribution in [0.4, 0.5) is 5.69 Å². The molecule has 5 nitrogen and oxygen atoms in total. The van der Waals surface area contributed by atoms with E-state index in [9.17, 15) is 0 Å². The minimum absolute atomic E-state index is 0. The smallest absolute Gasteiger partial charge is 0.0825 e. The predicted octanol–water partition coefficient (Wildman–Crippen LogP) is 2.46. The van der Waals surface area contributed by atoms with Crippen molar-refractivity contribution < 1.29 is 0 Å². The average molecular weight is 270 g/mol. The molecule has 0 amide bonds. The highest BCUT2D eigenvalue weighted by Gasteiger charge is 2.04. The summed E-state index contributed by atoms with van der Waals surface area (Å²) in [5, 5.41) is 12.2. The van der Waals surface area contributed by atoms with E-state index >= 15 is 0 Å². The van der Waals surface area contributed by atoms with Gasteiger partial charge in [-0.15, -0.1) is 12.4 Å². The topological polar surface area (TPSA) is 47.7 Å². The molecule has 0 bridgehead atoms. The van der Waals surface area contributed by atoms with Gasteiger partial charge in [-0.25, -0.2) is 0 Å². The van der Waals surface area contributed by atoms with Crippen LogP contribution in [0.3, 0.4) is 0 Å². The summed E-state index contributed by atoms with van der Waals surface area (Å²) < 4.78 is 3.86. The summed E-state index contributed by atoms with van der Waals surface area (Å²) in [5.74, 6) is 0. The van der Waals surface area contributed by atoms with Crippen LogP contribution < -0.4 is 5.32 Å². The molecular formula is C12H20ClN5. The summed E-state index contributed by atoms with van der Waals surface area (Å²) in [6.07, 6.45) is 4.03. The minimum atomic E-state index is 0. The quantitative estimate of drug-likeness (QED) is 0.907. The van der Waals surface area contributed by atoms with Crippen molar-refractivity contribution in [1.82, 2.24) is 19.6 Å². The van der Waals surface area contributed by atoms with E-state index in [-0.39, 0.29) is 12.4 Å². The van der Waals surface area contributed by atoms with Gasteiger partial charge < -0.3 is 5.32 Å². The normalized spacial score (nSPS) is 10.2. The highest BCUT2D eigenvalue weighted by Crippen LogP contribution is 2.13. The van der Waals surface area contributed by atoms with Crippen LogP contribution in [-0.2, 0) is 19.6 Å². The standard InChI is InChI=1S/C12H19N5.ClH/c1-4-16-7-6-11(15-16)8-13-12-9-17(5-2)14-10(12)3;/h6-7,9,13H,4-5,8H2,1-3H3;1H. The molecule has 2 aromatic heterocycles. The molecule has 0 saturated heterocycles. The van der Waals surface area contributed by atoms with Crippen LogP contribution in [0.25, 0.3) is 0 Å². The third-order valence-corrected chi connectivity index (χ3v) is 2.75. The van der Waals surface area contributed by atoms with Gasteiger partial charge in [0.15, 0.2) is 0 Å². The summed E-state index contributed by atoms with van der Waals surface area (Å²) >= 11 is 0. The number of halogens is 1. The second kappa shape index (κ2) is 6.44. The fraction of sp³-hybridized carbons (Fsp3) is 0.500. The Balaban J connectivity index is 0.00000162. The van der Waals surface area contributed by atoms with E-state index in [0.717, 1.165) is 36.7 Å². The van der Waals surface area contributed by atoms with Crippen molar-refractivity contribution in [1.29, 1.82) is 0 Å². The molecule has 0 aromatic carbocycles. The molecule has 18 heavy (non-hydrogen) atoms. The van der Waals surface area contributed by atoms with Crippen molar-refractivity contribution in [3.8, 4) is 0 Å². The van der Waals surface area contributed by atoms with Crippen LogP contribution >= 0.6 is 12.4 Å². The lowest BCUT2D eigenvalue weighted by molar-refractivity contribution is 0.649. The Morgan fingerprint density at radius 3 is 2.44 bits per heavy atom. The molecule has 0 atom stereocenters. The first kappa shape index (κ1) is 14.6. The maximum atomic E-state index is 4.43. The summed E-state index contributed by atoms with van der Waals surface area (Å²) in [7, 11) is 0. The van der Waals surface area contributed by atoms with Gasteiger partial charge in [-0.3, -0.25) is 9.36 Å². The lowest BCUT2D eigenvalue weighted by atomic mass is 10.3. The Kier molecular flexibility index (Phi) is 5.22. The van der Waals surface area contributed by atoms with E-state index in [1.165, 1.54) is 0 Å². The van der Waals surface area contributed by atoms with Gasteiger partial charge in [-0.1, -0.05) is 0 Å². The predicted molar refractivity (Wildman–Crippen MR) is 75.1 cm³/mol. The molecular weight excluding hydrogens is 250 g/mol. The number of aryl methyl sites for hydroxylation is 3. The van der Waals surface area contributed by atoms with E-state index in [2.05, 4.69) is 29.4 Å². The second-order valence-corrected chi connectivity index (χ2v) is 4.00. The van der Waals surface area contributed by atoms with Crippen molar-refractivity contribution in [2.45, 2.75) is 40.4 Å². The Bertz CT molecular complexity index is 488. The molecule has 2 heterocycles. The zero-order valence-corrected chi connectivity index (χ0v) is 11.9. The Labute approximate surface area is 114 Å². The number of rotatable bonds is 5. The van der Waals surface area contributed by atoms with Crippen molar-refractivity contribution in [2.75, 3.05) is 5.32 Å². The van der Waals surface area contributed by atoms with Gasteiger partial charge >= 0.3 is 0 Å². The van der Waals surface area contributed by atoms with E-state index in [1.807, 2.05) is 34.7 Å². The molecule has 2 aromatic rings. The molecule has 2 rings (SSSR count). The van der Waals surface area contributed by atoms with Gasteiger partial charge in [0.1, 0.15) is 0 Å². The molecule has 0 saturated carbocycles. The zero-order valence-electron chi connectivity index (χ0n) is 11.1. The highest BCUT2D eigenvalue weighted by molar-refractivity contribution is 5.85. The molecule has 0 aliphatic rings. The molecule has 100 valence electrons. The van der Waals surface area contributed by atoms with Crippen LogP contribution in [0.2, 0.25) is 0 Å². The summed E-state index contributed by atoms with van der Waals surface area (Å²) in [5.41, 5.74) is 3.16. The summed E-state index contributed by atoms with van der Waals surface area (Å²) in [4.78, 5) is 0. The van der Waals surface area contributed by atoms with E-state index < -0.39 is 0 Å². The van der Waals surface area contributed by atoms with Gasteiger partial charge in [0.2, 0.25) is 0 Å². The molecule has 1 N–H and O–H groups in total. The lowest BCUT2D eigenvalue weighted by Gasteiger charge is -2.01. The first-order valence-electron chi connectivity index (χ1n) is 6.03. The molecule has 6 heteroatoms. The number of hydrogen-bond acceptors (Lipinski definition) is 3. The van der Waals surface area contributed by atoms with Crippen molar-refractivity contribution in [3.63, 3.8) is 0 Å². The maximum Gasteiger partial charge on any atom is 0.0825 e. The first-order valence-corrected chi connectivity index (χ1v) is 6.03. The average Bonchev–Trinajstić information content (AvgIpc) is 2.93. The van der Waals surface area contributed by atoms with Crippen molar-refractivity contribution >= 4 is 18.1 Å². The molecule has 0 unspecified atom stereocenters. The SMILES string of the molecule is CCn1ccc(CNc2cn(CC)nc2C)n1.Cl. The minimum Gasteiger partial charge on any atom is -0.377 e. The number of nitrogens with zero attached hydrogens (tertiary/aromatic N) is 4. The Morgan fingerprint density at radius 1 is 1.17 bits per heavy atom. The lowest BCUT2D eigenvalue weighted by Crippen LogP contribution is -2.02. The number of aromatic nitrogens is 4. The summed E-state index contributed by atoms with van der Waals surface area (Å²) in [6.45, 7) is 8.72. The Hall–Kier alpha value is -1.49. The van der Waals surface area contributed by atoms with Gasteiger partial charge in [0.25, 0.3) is 0 Å². The van der Waals surface area contributed by atoms with Crippen molar-refractivity contribution in [2.24, 2.45) is 0 Å². The van der Waals surface area contributed by atoms with Gasteiger partial charge in [-0.05, 0) is 26.8 Å². The third-order valence-electron chi connectivity index (χ3n) is 2.75. The van der Waals surface area contributed by atoms with E-state index in [1.54, 1.807) is 0 Å². The molecule has 0 aliphatic carbocycles. The molecule has 0 radical (unpaired) electrons. The number of hydrogen-bond donors (Lipinski definition) is 1. The highest BCUT2D eigenvalue weighted by atomic mass is 35.5. The van der Waals surface area contributed by atoms with Crippen LogP contribution in [0.15, 0.2) is 18.5 Å². The number of nitrogens with one attached hydrogen (secondary N) is 1. The molecule has 0 fully saturated rings. The van der Waals surface area contributed by atoms with E-state index in [4.69, 9.17) is 0 Å². The van der Waals surface area contributed by atoms with Crippen LogP contribution in [0.1, 0.15) is 25.2 Å².